The van der Waals surface area contributed by atoms with Crippen LogP contribution in [0, 0.1) is 0 Å². The number of nitrogens with one attached hydrogen (secondary N) is 1. The first-order chi connectivity index (χ1) is 8.97. The molecule has 0 aromatic carbocycles. The highest BCUT2D eigenvalue weighted by molar-refractivity contribution is 5.76. The van der Waals surface area contributed by atoms with Crippen LogP contribution in [0.2, 0.25) is 0 Å². The summed E-state index contributed by atoms with van der Waals surface area (Å²) >= 11 is 0. The van der Waals surface area contributed by atoms with Gasteiger partial charge in [-0.15, -0.1) is 0 Å². The Kier molecular flexibility index (Phi) is 3.87. The van der Waals surface area contributed by atoms with Crippen LogP contribution in [0.15, 0.2) is 17.1 Å². The lowest BCUT2D eigenvalue weighted by molar-refractivity contribution is -0.131. The molecule has 6 nitrogen and oxygen atoms in total. The molecule has 1 fully saturated rings. The molecule has 1 aromatic heterocycles. The zero-order chi connectivity index (χ0) is 14.0. The molecule has 0 atom stereocenters. The third-order valence-electron chi connectivity index (χ3n) is 3.10. The van der Waals surface area contributed by atoms with Gasteiger partial charge < -0.3 is 10.2 Å². The summed E-state index contributed by atoms with van der Waals surface area (Å²) in [6.07, 6.45) is 3.69. The SMILES string of the molecule is CC(C)Nc1cnn(CC(=O)N(C)C2CC2)c(=O)c1. The molecule has 1 aromatic rings. The molecule has 1 aliphatic rings. The summed E-state index contributed by atoms with van der Waals surface area (Å²) < 4.78 is 1.20. The number of carbonyl (C=O) groups is 1. The molecule has 0 saturated heterocycles. The summed E-state index contributed by atoms with van der Waals surface area (Å²) in [5.74, 6) is -0.0679. The molecule has 0 aliphatic heterocycles. The van der Waals surface area contributed by atoms with E-state index in [0.717, 1.165) is 12.8 Å². The highest BCUT2D eigenvalue weighted by Crippen LogP contribution is 2.25. The minimum Gasteiger partial charge on any atom is -0.381 e. The summed E-state index contributed by atoms with van der Waals surface area (Å²) in [6.45, 7) is 3.98. The second-order valence-corrected chi connectivity index (χ2v) is 5.27. The molecule has 0 spiro atoms. The summed E-state index contributed by atoms with van der Waals surface area (Å²) in [6, 6.07) is 2.06. The monoisotopic (exact) mass is 264 g/mol. The van der Waals surface area contributed by atoms with Crippen molar-refractivity contribution in [2.24, 2.45) is 0 Å². The molecular weight excluding hydrogens is 244 g/mol. The Balaban J connectivity index is 2.04. The van der Waals surface area contributed by atoms with Gasteiger partial charge in [-0.3, -0.25) is 9.59 Å². The van der Waals surface area contributed by atoms with E-state index in [1.807, 2.05) is 13.8 Å². The van der Waals surface area contributed by atoms with E-state index in [1.165, 1.54) is 10.7 Å². The van der Waals surface area contributed by atoms with Crippen LogP contribution in [0.1, 0.15) is 26.7 Å². The molecule has 1 aliphatic carbocycles. The van der Waals surface area contributed by atoms with E-state index in [-0.39, 0.29) is 24.1 Å². The molecular formula is C13H20N4O2. The highest BCUT2D eigenvalue weighted by Gasteiger charge is 2.29. The van der Waals surface area contributed by atoms with Crippen LogP contribution in [-0.4, -0.2) is 39.7 Å². The minimum absolute atomic E-state index is 0.00773. The number of aromatic nitrogens is 2. The van der Waals surface area contributed by atoms with Crippen molar-refractivity contribution in [1.29, 1.82) is 0 Å². The number of rotatable bonds is 5. The van der Waals surface area contributed by atoms with Crippen LogP contribution in [0.3, 0.4) is 0 Å². The molecule has 0 bridgehead atoms. The maximum absolute atomic E-state index is 11.9. The van der Waals surface area contributed by atoms with Crippen LogP contribution in [0.5, 0.6) is 0 Å². The van der Waals surface area contributed by atoms with Gasteiger partial charge in [-0.25, -0.2) is 4.68 Å². The standard InChI is InChI=1S/C13H20N4O2/c1-9(2)15-10-6-12(18)17(14-7-10)8-13(19)16(3)11-4-5-11/h6-7,9,11,15H,4-5,8H2,1-3H3. The molecule has 1 N–H and O–H groups in total. The fourth-order valence-corrected chi connectivity index (χ4v) is 1.87. The zero-order valence-corrected chi connectivity index (χ0v) is 11.6. The van der Waals surface area contributed by atoms with Crippen molar-refractivity contribution in [2.45, 2.75) is 45.3 Å². The lowest BCUT2D eigenvalue weighted by Gasteiger charge is -2.16. The average molecular weight is 264 g/mol. The molecule has 6 heteroatoms. The minimum atomic E-state index is -0.261. The van der Waals surface area contributed by atoms with Crippen LogP contribution in [0.4, 0.5) is 5.69 Å². The second kappa shape index (κ2) is 5.42. The molecule has 2 rings (SSSR count). The predicted molar refractivity (Wildman–Crippen MR) is 73.0 cm³/mol. The van der Waals surface area contributed by atoms with Crippen LogP contribution in [0.25, 0.3) is 0 Å². The quantitative estimate of drug-likeness (QED) is 0.849. The van der Waals surface area contributed by atoms with Gasteiger partial charge in [0.15, 0.2) is 0 Å². The number of hydrogen-bond acceptors (Lipinski definition) is 4. The van der Waals surface area contributed by atoms with Gasteiger partial charge in [-0.05, 0) is 26.7 Å². The largest absolute Gasteiger partial charge is 0.381 e. The molecule has 0 unspecified atom stereocenters. The van der Waals surface area contributed by atoms with Crippen molar-refractivity contribution in [3.05, 3.63) is 22.6 Å². The van der Waals surface area contributed by atoms with Gasteiger partial charge >= 0.3 is 0 Å². The van der Waals surface area contributed by atoms with Gasteiger partial charge in [0.2, 0.25) is 5.91 Å². The van der Waals surface area contributed by atoms with Gasteiger partial charge in [0.1, 0.15) is 6.54 Å². The summed E-state index contributed by atoms with van der Waals surface area (Å²) in [4.78, 5) is 25.5. The fourth-order valence-electron chi connectivity index (χ4n) is 1.87. The fraction of sp³-hybridized carbons (Fsp3) is 0.615. The van der Waals surface area contributed by atoms with Crippen molar-refractivity contribution < 1.29 is 4.79 Å². The molecule has 19 heavy (non-hydrogen) atoms. The maximum atomic E-state index is 11.9. The summed E-state index contributed by atoms with van der Waals surface area (Å²) in [5, 5.41) is 7.13. The average Bonchev–Trinajstić information content (AvgIpc) is 3.14. The van der Waals surface area contributed by atoms with E-state index in [0.29, 0.717) is 11.7 Å². The highest BCUT2D eigenvalue weighted by atomic mass is 16.2. The van der Waals surface area contributed by atoms with E-state index in [1.54, 1.807) is 18.1 Å². The Morgan fingerprint density at radius 3 is 2.79 bits per heavy atom. The van der Waals surface area contributed by atoms with Gasteiger partial charge in [-0.1, -0.05) is 0 Å². The van der Waals surface area contributed by atoms with E-state index < -0.39 is 0 Å². The second-order valence-electron chi connectivity index (χ2n) is 5.27. The Morgan fingerprint density at radius 1 is 1.58 bits per heavy atom. The molecule has 1 amide bonds. The predicted octanol–water partition coefficient (Wildman–Crippen LogP) is 0.684. The number of carbonyl (C=O) groups excluding carboxylic acids is 1. The Labute approximate surface area is 112 Å². The van der Waals surface area contributed by atoms with Gasteiger partial charge in [0.05, 0.1) is 11.9 Å². The number of anilines is 1. The molecule has 1 heterocycles. The Bertz CT molecular complexity index is 520. The molecule has 1 saturated carbocycles. The number of hydrogen-bond donors (Lipinski definition) is 1. The van der Waals surface area contributed by atoms with Crippen molar-refractivity contribution in [2.75, 3.05) is 12.4 Å². The number of nitrogens with zero attached hydrogens (tertiary/aromatic N) is 3. The van der Waals surface area contributed by atoms with Crippen molar-refractivity contribution in [1.82, 2.24) is 14.7 Å². The Morgan fingerprint density at radius 2 is 2.26 bits per heavy atom. The van der Waals surface area contributed by atoms with E-state index in [9.17, 15) is 9.59 Å². The number of amides is 1. The van der Waals surface area contributed by atoms with Crippen LogP contribution < -0.4 is 10.9 Å². The number of likely N-dealkylation sites (N-methyl/N-ethyl adjacent to an activating group) is 1. The van der Waals surface area contributed by atoms with Crippen LogP contribution in [-0.2, 0) is 11.3 Å². The van der Waals surface area contributed by atoms with E-state index >= 15 is 0 Å². The topological polar surface area (TPSA) is 67.2 Å². The first kappa shape index (κ1) is 13.6. The van der Waals surface area contributed by atoms with Gasteiger partial charge in [0, 0.05) is 25.2 Å². The maximum Gasteiger partial charge on any atom is 0.269 e. The first-order valence-electron chi connectivity index (χ1n) is 6.56. The summed E-state index contributed by atoms with van der Waals surface area (Å²) in [7, 11) is 1.78. The molecule has 0 radical (unpaired) electrons. The lowest BCUT2D eigenvalue weighted by atomic mass is 10.3. The van der Waals surface area contributed by atoms with Crippen molar-refractivity contribution >= 4 is 11.6 Å². The Hall–Kier alpha value is -1.85. The van der Waals surface area contributed by atoms with Crippen molar-refractivity contribution in [3.63, 3.8) is 0 Å². The third-order valence-corrected chi connectivity index (χ3v) is 3.10. The first-order valence-corrected chi connectivity index (χ1v) is 6.56. The lowest BCUT2D eigenvalue weighted by Crippen LogP contribution is -2.36. The normalized spacial score (nSPS) is 14.5. The van der Waals surface area contributed by atoms with Crippen molar-refractivity contribution in [3.8, 4) is 0 Å². The van der Waals surface area contributed by atoms with Gasteiger partial charge in [-0.2, -0.15) is 5.10 Å². The van der Waals surface area contributed by atoms with Gasteiger partial charge in [0.25, 0.3) is 5.56 Å². The van der Waals surface area contributed by atoms with Crippen LogP contribution >= 0.6 is 0 Å². The molecule has 104 valence electrons. The van der Waals surface area contributed by atoms with E-state index in [2.05, 4.69) is 10.4 Å². The third kappa shape index (κ3) is 3.56. The summed E-state index contributed by atoms with van der Waals surface area (Å²) in [5.41, 5.74) is 0.419. The smallest absolute Gasteiger partial charge is 0.269 e. The zero-order valence-electron chi connectivity index (χ0n) is 11.6. The van der Waals surface area contributed by atoms with E-state index in [4.69, 9.17) is 0 Å².